The van der Waals surface area contributed by atoms with Gasteiger partial charge in [-0.25, -0.2) is 0 Å². The van der Waals surface area contributed by atoms with Gasteiger partial charge in [0.1, 0.15) is 0 Å². The van der Waals surface area contributed by atoms with Crippen molar-refractivity contribution in [3.8, 4) is 0 Å². The SMILES string of the molecule is FC(F)(F)c1ccccc1C(Br)c1ccc(Br)s1. The molecule has 1 unspecified atom stereocenters. The molecule has 0 spiro atoms. The summed E-state index contributed by atoms with van der Waals surface area (Å²) in [6.45, 7) is 0. The van der Waals surface area contributed by atoms with Crippen molar-refractivity contribution in [2.75, 3.05) is 0 Å². The number of thiophene rings is 1. The molecule has 0 aliphatic rings. The van der Waals surface area contributed by atoms with Gasteiger partial charge >= 0.3 is 6.18 Å². The molecule has 0 saturated heterocycles. The lowest BCUT2D eigenvalue weighted by atomic mass is 10.0. The standard InChI is InChI=1S/C12H7Br2F3S/c13-10-6-5-9(18-10)11(14)7-3-1-2-4-8(7)12(15,16)17/h1-6,11H. The summed E-state index contributed by atoms with van der Waals surface area (Å²) in [5.74, 6) is 0. The number of rotatable bonds is 2. The summed E-state index contributed by atoms with van der Waals surface area (Å²) in [7, 11) is 0. The Balaban J connectivity index is 2.45. The lowest BCUT2D eigenvalue weighted by Crippen LogP contribution is -2.10. The maximum absolute atomic E-state index is 12.9. The minimum atomic E-state index is -4.34. The monoisotopic (exact) mass is 398 g/mol. The molecule has 0 N–H and O–H groups in total. The number of halogens is 5. The summed E-state index contributed by atoms with van der Waals surface area (Å²) in [4.78, 5) is 0.380. The number of hydrogen-bond acceptors (Lipinski definition) is 1. The molecule has 1 aromatic carbocycles. The average Bonchev–Trinajstić information content (AvgIpc) is 2.74. The van der Waals surface area contributed by atoms with Crippen LogP contribution in [0.2, 0.25) is 0 Å². The molecule has 2 aromatic rings. The van der Waals surface area contributed by atoms with Crippen LogP contribution in [0.1, 0.15) is 20.8 Å². The van der Waals surface area contributed by atoms with E-state index in [1.54, 1.807) is 12.1 Å². The zero-order valence-electron chi connectivity index (χ0n) is 8.84. The molecule has 18 heavy (non-hydrogen) atoms. The first-order chi connectivity index (χ1) is 8.39. The van der Waals surface area contributed by atoms with Crippen LogP contribution in [0.15, 0.2) is 40.2 Å². The fourth-order valence-electron chi connectivity index (χ4n) is 1.59. The number of alkyl halides is 4. The van der Waals surface area contributed by atoms with Gasteiger partial charge < -0.3 is 0 Å². The normalized spacial score (nSPS) is 13.6. The first-order valence-corrected chi connectivity index (χ1v) is 7.47. The molecule has 1 heterocycles. The zero-order valence-corrected chi connectivity index (χ0v) is 12.8. The summed E-state index contributed by atoms with van der Waals surface area (Å²) in [6, 6.07) is 9.24. The molecule has 0 radical (unpaired) electrons. The molecule has 1 aromatic heterocycles. The van der Waals surface area contributed by atoms with Gasteiger partial charge in [-0.15, -0.1) is 11.3 Å². The van der Waals surface area contributed by atoms with E-state index < -0.39 is 16.6 Å². The van der Waals surface area contributed by atoms with Crippen molar-refractivity contribution in [1.29, 1.82) is 0 Å². The molecule has 1 atom stereocenters. The van der Waals surface area contributed by atoms with Gasteiger partial charge in [-0.2, -0.15) is 13.2 Å². The fourth-order valence-corrected chi connectivity index (χ4v) is 3.85. The maximum Gasteiger partial charge on any atom is 0.416 e. The minimum Gasteiger partial charge on any atom is -0.166 e. The van der Waals surface area contributed by atoms with Crippen LogP contribution in [-0.4, -0.2) is 0 Å². The summed E-state index contributed by atoms with van der Waals surface area (Å²) in [6.07, 6.45) is -4.34. The Kier molecular flexibility index (Phi) is 4.18. The summed E-state index contributed by atoms with van der Waals surface area (Å²) < 4.78 is 39.6. The molecule has 96 valence electrons. The number of benzene rings is 1. The van der Waals surface area contributed by atoms with E-state index in [9.17, 15) is 13.2 Å². The Hall–Kier alpha value is -0.330. The molecule has 0 saturated carbocycles. The molecule has 0 aliphatic carbocycles. The molecule has 0 bridgehead atoms. The second kappa shape index (κ2) is 5.35. The molecule has 2 rings (SSSR count). The van der Waals surface area contributed by atoms with E-state index in [1.807, 2.05) is 6.07 Å². The van der Waals surface area contributed by atoms with Gasteiger partial charge in [-0.3, -0.25) is 0 Å². The predicted octanol–water partition coefficient (Wildman–Crippen LogP) is 6.01. The largest absolute Gasteiger partial charge is 0.416 e. The Labute approximate surface area is 123 Å². The third kappa shape index (κ3) is 2.97. The van der Waals surface area contributed by atoms with Crippen molar-refractivity contribution in [1.82, 2.24) is 0 Å². The third-order valence-electron chi connectivity index (χ3n) is 2.38. The van der Waals surface area contributed by atoms with Crippen LogP contribution in [0.4, 0.5) is 13.2 Å². The summed E-state index contributed by atoms with van der Waals surface area (Å²) in [5, 5.41) is 0. The van der Waals surface area contributed by atoms with Gasteiger partial charge in [0, 0.05) is 4.88 Å². The predicted molar refractivity (Wildman–Crippen MR) is 74.2 cm³/mol. The highest BCUT2D eigenvalue weighted by atomic mass is 79.9. The van der Waals surface area contributed by atoms with E-state index in [0.29, 0.717) is 0 Å². The van der Waals surface area contributed by atoms with E-state index in [0.717, 1.165) is 14.7 Å². The summed E-state index contributed by atoms with van der Waals surface area (Å²) in [5.41, 5.74) is -0.365. The lowest BCUT2D eigenvalue weighted by molar-refractivity contribution is -0.138. The number of hydrogen-bond donors (Lipinski definition) is 0. The Bertz CT molecular complexity index is 548. The maximum atomic E-state index is 12.9. The van der Waals surface area contributed by atoms with E-state index in [2.05, 4.69) is 31.9 Å². The van der Waals surface area contributed by atoms with Crippen LogP contribution in [0.25, 0.3) is 0 Å². The first-order valence-electron chi connectivity index (χ1n) is 4.95. The van der Waals surface area contributed by atoms with Crippen LogP contribution in [-0.2, 0) is 6.18 Å². The van der Waals surface area contributed by atoms with Gasteiger partial charge in [0.25, 0.3) is 0 Å². The lowest BCUT2D eigenvalue weighted by Gasteiger charge is -2.16. The van der Waals surface area contributed by atoms with Gasteiger partial charge in [-0.1, -0.05) is 34.1 Å². The van der Waals surface area contributed by atoms with Crippen molar-refractivity contribution >= 4 is 43.2 Å². The quantitative estimate of drug-likeness (QED) is 0.542. The van der Waals surface area contributed by atoms with E-state index in [1.165, 1.54) is 23.5 Å². The molecule has 0 amide bonds. The van der Waals surface area contributed by atoms with Crippen LogP contribution < -0.4 is 0 Å². The molecule has 6 heteroatoms. The smallest absolute Gasteiger partial charge is 0.166 e. The molecular formula is C12H7Br2F3S. The summed E-state index contributed by atoms with van der Waals surface area (Å²) >= 11 is 8.06. The van der Waals surface area contributed by atoms with Gasteiger partial charge in [-0.05, 0) is 39.7 Å². The first kappa shape index (κ1) is 14.1. The van der Waals surface area contributed by atoms with E-state index in [4.69, 9.17) is 0 Å². The molecule has 0 aliphatic heterocycles. The van der Waals surface area contributed by atoms with Crippen molar-refractivity contribution in [2.45, 2.75) is 11.0 Å². The van der Waals surface area contributed by atoms with Crippen LogP contribution in [0.3, 0.4) is 0 Å². The Morgan fingerprint density at radius 2 is 1.72 bits per heavy atom. The fraction of sp³-hybridized carbons (Fsp3) is 0.167. The molecular weight excluding hydrogens is 393 g/mol. The van der Waals surface area contributed by atoms with Crippen molar-refractivity contribution in [3.63, 3.8) is 0 Å². The highest BCUT2D eigenvalue weighted by molar-refractivity contribution is 9.11. The third-order valence-corrected chi connectivity index (χ3v) is 5.36. The van der Waals surface area contributed by atoms with Gasteiger partial charge in [0.2, 0.25) is 0 Å². The second-order valence-electron chi connectivity index (χ2n) is 3.59. The Morgan fingerprint density at radius 1 is 1.06 bits per heavy atom. The topological polar surface area (TPSA) is 0 Å². The van der Waals surface area contributed by atoms with E-state index in [-0.39, 0.29) is 5.56 Å². The van der Waals surface area contributed by atoms with Crippen LogP contribution in [0, 0.1) is 0 Å². The van der Waals surface area contributed by atoms with Crippen molar-refractivity contribution in [3.05, 3.63) is 56.2 Å². The van der Waals surface area contributed by atoms with Crippen LogP contribution >= 0.6 is 43.2 Å². The van der Waals surface area contributed by atoms with Crippen molar-refractivity contribution in [2.24, 2.45) is 0 Å². The second-order valence-corrected chi connectivity index (χ2v) is 7.00. The minimum absolute atomic E-state index is 0.236. The van der Waals surface area contributed by atoms with Gasteiger partial charge in [0.15, 0.2) is 0 Å². The van der Waals surface area contributed by atoms with Gasteiger partial charge in [0.05, 0.1) is 14.2 Å². The highest BCUT2D eigenvalue weighted by Gasteiger charge is 2.34. The average molecular weight is 400 g/mol. The van der Waals surface area contributed by atoms with Crippen LogP contribution in [0.5, 0.6) is 0 Å². The Morgan fingerprint density at radius 3 is 2.28 bits per heavy atom. The van der Waals surface area contributed by atoms with Crippen molar-refractivity contribution < 1.29 is 13.2 Å². The molecule has 0 fully saturated rings. The van der Waals surface area contributed by atoms with E-state index >= 15 is 0 Å². The zero-order chi connectivity index (χ0) is 13.3. The highest BCUT2D eigenvalue weighted by Crippen LogP contribution is 2.42. The molecule has 0 nitrogen and oxygen atoms in total.